The molecule has 10 heteroatoms. The van der Waals surface area contributed by atoms with Gasteiger partial charge in [0.15, 0.2) is 10.8 Å². The Morgan fingerprint density at radius 1 is 1.28 bits per heavy atom. The molecule has 0 saturated carbocycles. The maximum atomic E-state index is 12.6. The predicted molar refractivity (Wildman–Crippen MR) is 126 cm³/mol. The Hall–Kier alpha value is -3.30. The number of nitrogens with zero attached hydrogens (tertiary/aromatic N) is 3. The van der Waals surface area contributed by atoms with E-state index in [9.17, 15) is 4.79 Å². The summed E-state index contributed by atoms with van der Waals surface area (Å²) in [5, 5.41) is 20.4. The molecule has 0 radical (unpaired) electrons. The zero-order valence-electron chi connectivity index (χ0n) is 17.7. The molecule has 0 spiro atoms. The maximum Gasteiger partial charge on any atom is 0.234 e. The summed E-state index contributed by atoms with van der Waals surface area (Å²) in [5.41, 5.74) is 3.70. The molecule has 2 aromatic carbocycles. The van der Waals surface area contributed by atoms with Crippen molar-refractivity contribution in [2.75, 3.05) is 18.2 Å². The Labute approximate surface area is 193 Å². The van der Waals surface area contributed by atoms with E-state index in [0.717, 1.165) is 16.9 Å². The van der Waals surface area contributed by atoms with Crippen molar-refractivity contribution in [1.82, 2.24) is 19.7 Å². The second kappa shape index (κ2) is 9.05. The highest BCUT2D eigenvalue weighted by atomic mass is 35.5. The van der Waals surface area contributed by atoms with Crippen LogP contribution in [0.3, 0.4) is 0 Å². The second-order valence-electron chi connectivity index (χ2n) is 7.13. The van der Waals surface area contributed by atoms with Gasteiger partial charge in [0, 0.05) is 22.5 Å². The van der Waals surface area contributed by atoms with Crippen molar-refractivity contribution in [2.24, 2.45) is 0 Å². The van der Waals surface area contributed by atoms with Crippen LogP contribution in [0.2, 0.25) is 5.02 Å². The summed E-state index contributed by atoms with van der Waals surface area (Å²) in [4.78, 5) is 17.2. The van der Waals surface area contributed by atoms with Crippen molar-refractivity contribution in [2.45, 2.75) is 19.0 Å². The summed E-state index contributed by atoms with van der Waals surface area (Å²) < 4.78 is 6.90. The van der Waals surface area contributed by atoms with Crippen molar-refractivity contribution < 1.29 is 9.53 Å². The number of carbonyl (C=O) groups is 1. The van der Waals surface area contributed by atoms with Gasteiger partial charge in [0.05, 0.1) is 23.9 Å². The fourth-order valence-corrected chi connectivity index (χ4v) is 4.27. The first kappa shape index (κ1) is 21.9. The molecule has 0 unspecified atom stereocenters. The van der Waals surface area contributed by atoms with E-state index < -0.39 is 0 Å². The summed E-state index contributed by atoms with van der Waals surface area (Å²) in [5.74, 6) is 0.548. The quantitative estimate of drug-likeness (QED) is 0.290. The van der Waals surface area contributed by atoms with Crippen LogP contribution in [0, 0.1) is 19.3 Å². The number of benzene rings is 2. The fraction of sp³-hybridized carbons (Fsp3) is 0.182. The van der Waals surface area contributed by atoms with E-state index >= 15 is 0 Å². The number of aromatic amines is 1. The number of aryl methyl sites for hydroxylation is 2. The number of hydrogen-bond acceptors (Lipinski definition) is 6. The Morgan fingerprint density at radius 3 is 2.88 bits per heavy atom. The molecule has 0 aliphatic rings. The molecule has 0 fully saturated rings. The number of methoxy groups -OCH3 is 1. The van der Waals surface area contributed by atoms with Crippen molar-refractivity contribution in [3.8, 4) is 11.4 Å². The number of H-pyrrole nitrogens is 1. The molecule has 0 aliphatic heterocycles. The van der Waals surface area contributed by atoms with Crippen LogP contribution in [0.5, 0.6) is 5.75 Å². The number of aromatic nitrogens is 4. The first-order valence-corrected chi connectivity index (χ1v) is 11.1. The molecule has 8 nitrogen and oxygen atoms in total. The minimum Gasteiger partial charge on any atom is -0.497 e. The number of rotatable bonds is 6. The van der Waals surface area contributed by atoms with Crippen molar-refractivity contribution in [3.63, 3.8) is 0 Å². The molecule has 3 N–H and O–H groups in total. The average Bonchev–Trinajstić information content (AvgIpc) is 3.15. The van der Waals surface area contributed by atoms with Crippen LogP contribution in [0.25, 0.3) is 16.7 Å². The Balaban J connectivity index is 1.69. The number of amides is 1. The molecule has 0 saturated heterocycles. The first-order chi connectivity index (χ1) is 15.4. The Kier molecular flexibility index (Phi) is 6.20. The Morgan fingerprint density at radius 2 is 2.09 bits per heavy atom. The normalized spacial score (nSPS) is 11.0. The number of thioether (sulfide) groups is 1. The number of nitrogens with one attached hydrogen (secondary N) is 3. The molecular formula is C22H21ClN6O2S. The lowest BCUT2D eigenvalue weighted by molar-refractivity contribution is -0.113. The largest absolute Gasteiger partial charge is 0.497 e. The molecule has 2 heterocycles. The Bertz CT molecular complexity index is 1380. The van der Waals surface area contributed by atoms with E-state index in [0.29, 0.717) is 32.6 Å². The van der Waals surface area contributed by atoms with Crippen LogP contribution in [-0.4, -0.2) is 38.5 Å². The molecule has 4 rings (SSSR count). The topological polar surface area (TPSA) is 109 Å². The lowest BCUT2D eigenvalue weighted by Crippen LogP contribution is -2.24. The summed E-state index contributed by atoms with van der Waals surface area (Å²) >= 11 is 7.47. The molecule has 32 heavy (non-hydrogen) atoms. The van der Waals surface area contributed by atoms with Gasteiger partial charge in [-0.25, -0.2) is 4.98 Å². The van der Waals surface area contributed by atoms with Gasteiger partial charge in [-0.1, -0.05) is 35.5 Å². The standard InChI is InChI=1S/C22H21ClN6O2S/c1-12-7-8-14(23)9-17(12)29-20(24)19-13(2)27-28-21(19)26-22(29)32-11-18(30)25-15-5-4-6-16(10-15)31-3/h4-10,24H,11H2,1-3H3,(H,25,30)(H,27,28). The monoisotopic (exact) mass is 468 g/mol. The summed E-state index contributed by atoms with van der Waals surface area (Å²) in [6.45, 7) is 3.78. The van der Waals surface area contributed by atoms with Crippen LogP contribution < -0.4 is 15.5 Å². The predicted octanol–water partition coefficient (Wildman–Crippen LogP) is 4.24. The molecule has 0 aliphatic carbocycles. The van der Waals surface area contributed by atoms with Gasteiger partial charge in [0.1, 0.15) is 11.2 Å². The highest BCUT2D eigenvalue weighted by molar-refractivity contribution is 7.99. The molecule has 4 aromatic rings. The van der Waals surface area contributed by atoms with Gasteiger partial charge in [-0.05, 0) is 43.7 Å². The maximum absolute atomic E-state index is 12.6. The average molecular weight is 469 g/mol. The van der Waals surface area contributed by atoms with Gasteiger partial charge < -0.3 is 10.1 Å². The molecule has 2 aromatic heterocycles. The third-order valence-corrected chi connectivity index (χ3v) is 6.05. The number of carbonyl (C=O) groups excluding carboxylic acids is 1. The van der Waals surface area contributed by atoms with Gasteiger partial charge in [-0.3, -0.25) is 19.9 Å². The van der Waals surface area contributed by atoms with E-state index in [1.54, 1.807) is 48.1 Å². The zero-order chi connectivity index (χ0) is 22.8. The van der Waals surface area contributed by atoms with Gasteiger partial charge in [0.25, 0.3) is 0 Å². The third-order valence-electron chi connectivity index (χ3n) is 4.88. The summed E-state index contributed by atoms with van der Waals surface area (Å²) in [6, 6.07) is 12.6. The highest BCUT2D eigenvalue weighted by Gasteiger charge is 2.17. The van der Waals surface area contributed by atoms with Crippen LogP contribution in [-0.2, 0) is 4.79 Å². The SMILES string of the molecule is COc1cccc(NC(=O)CSc2nc3n[nH]c(C)c3c(=N)n2-c2cc(Cl)ccc2C)c1. The number of ether oxygens (including phenoxy) is 1. The van der Waals surface area contributed by atoms with Gasteiger partial charge in [0.2, 0.25) is 5.91 Å². The third kappa shape index (κ3) is 4.35. The number of fused-ring (bicyclic) bond motifs is 1. The van der Waals surface area contributed by atoms with E-state index in [4.69, 9.17) is 21.7 Å². The molecule has 1 amide bonds. The smallest absolute Gasteiger partial charge is 0.234 e. The number of hydrogen-bond donors (Lipinski definition) is 3. The fourth-order valence-electron chi connectivity index (χ4n) is 3.30. The first-order valence-electron chi connectivity index (χ1n) is 9.73. The minimum atomic E-state index is -0.204. The van der Waals surface area contributed by atoms with Gasteiger partial charge in [-0.15, -0.1) is 0 Å². The van der Waals surface area contributed by atoms with Crippen LogP contribution in [0.4, 0.5) is 5.69 Å². The highest BCUT2D eigenvalue weighted by Crippen LogP contribution is 2.26. The van der Waals surface area contributed by atoms with E-state index in [1.165, 1.54) is 11.8 Å². The lowest BCUT2D eigenvalue weighted by Gasteiger charge is -2.16. The molecule has 164 valence electrons. The van der Waals surface area contributed by atoms with Crippen LogP contribution in [0.15, 0.2) is 47.6 Å². The number of halogens is 1. The lowest BCUT2D eigenvalue weighted by atomic mass is 10.2. The van der Waals surface area contributed by atoms with Crippen molar-refractivity contribution in [1.29, 1.82) is 5.41 Å². The minimum absolute atomic E-state index is 0.0954. The number of anilines is 1. The van der Waals surface area contributed by atoms with Crippen molar-refractivity contribution in [3.05, 3.63) is 64.2 Å². The molecule has 0 atom stereocenters. The van der Waals surface area contributed by atoms with E-state index in [1.807, 2.05) is 19.9 Å². The van der Waals surface area contributed by atoms with Crippen LogP contribution in [0.1, 0.15) is 11.3 Å². The summed E-state index contributed by atoms with van der Waals surface area (Å²) in [7, 11) is 1.57. The molecule has 0 bridgehead atoms. The summed E-state index contributed by atoms with van der Waals surface area (Å²) in [6.07, 6.45) is 0. The van der Waals surface area contributed by atoms with Crippen LogP contribution >= 0.6 is 23.4 Å². The van der Waals surface area contributed by atoms with E-state index in [-0.39, 0.29) is 17.1 Å². The van der Waals surface area contributed by atoms with Gasteiger partial charge in [-0.2, -0.15) is 5.10 Å². The van der Waals surface area contributed by atoms with Crippen molar-refractivity contribution >= 4 is 46.0 Å². The molecular weight excluding hydrogens is 448 g/mol. The van der Waals surface area contributed by atoms with Gasteiger partial charge >= 0.3 is 0 Å². The van der Waals surface area contributed by atoms with E-state index in [2.05, 4.69) is 20.5 Å². The zero-order valence-corrected chi connectivity index (χ0v) is 19.3. The second-order valence-corrected chi connectivity index (χ2v) is 8.50.